The Hall–Kier alpha value is -5.61. The standard InChI is InChI=1S/C40H44FN7O2/c1-28(35-9-4-7-32-6-2-3-8-36(32)35)46-39(50)37(10-5-22-45-40(42)43)47-38(49)33-15-11-30(12-16-33)26-48(27-31-19-23-44-24-20-31)25-21-29-13-17-34(41)18-14-29/h2-4,6-9,11-20,23-24,28,37H,5,10,21-22,25-27H2,1H3,(H,46,50)(H,47,49)(H4,42,43,45)/t28-,37+/m1/s1. The summed E-state index contributed by atoms with van der Waals surface area (Å²) in [6.45, 7) is 4.39. The number of hydrogen-bond donors (Lipinski definition) is 4. The molecule has 5 aromatic rings. The van der Waals surface area contributed by atoms with E-state index in [1.807, 2.05) is 85.8 Å². The van der Waals surface area contributed by atoms with Crippen LogP contribution in [0, 0.1) is 5.82 Å². The smallest absolute Gasteiger partial charge is 0.251 e. The fraction of sp³-hybridized carbons (Fsp3) is 0.250. The third-order valence-electron chi connectivity index (χ3n) is 8.62. The lowest BCUT2D eigenvalue weighted by Crippen LogP contribution is -2.47. The number of nitrogens with zero attached hydrogens (tertiary/aromatic N) is 3. The lowest BCUT2D eigenvalue weighted by Gasteiger charge is -2.23. The predicted molar refractivity (Wildman–Crippen MR) is 197 cm³/mol. The molecule has 0 aliphatic carbocycles. The van der Waals surface area contributed by atoms with Crippen LogP contribution in [0.1, 0.15) is 58.4 Å². The van der Waals surface area contributed by atoms with E-state index >= 15 is 0 Å². The SMILES string of the molecule is C[C@@H](NC(=O)[C@H](CCCN=C(N)N)NC(=O)c1ccc(CN(CCc2ccc(F)cc2)Cc2ccncc2)cc1)c1cccc2ccccc12. The molecule has 258 valence electrons. The second-order valence-electron chi connectivity index (χ2n) is 12.4. The molecule has 9 nitrogen and oxygen atoms in total. The van der Waals surface area contributed by atoms with Gasteiger partial charge in [0.1, 0.15) is 11.9 Å². The average Bonchev–Trinajstić information content (AvgIpc) is 3.12. The molecule has 0 spiro atoms. The van der Waals surface area contributed by atoms with Crippen molar-refractivity contribution in [3.05, 3.63) is 149 Å². The summed E-state index contributed by atoms with van der Waals surface area (Å²) >= 11 is 0. The van der Waals surface area contributed by atoms with Gasteiger partial charge >= 0.3 is 0 Å². The van der Waals surface area contributed by atoms with Crippen LogP contribution in [0.25, 0.3) is 10.8 Å². The Kier molecular flexibility index (Phi) is 12.6. The average molecular weight is 674 g/mol. The first-order valence-corrected chi connectivity index (χ1v) is 16.8. The van der Waals surface area contributed by atoms with Gasteiger partial charge in [0, 0.05) is 44.1 Å². The number of aliphatic imine (C=N–C) groups is 1. The number of halogens is 1. The van der Waals surface area contributed by atoms with E-state index in [9.17, 15) is 14.0 Å². The second-order valence-corrected chi connectivity index (χ2v) is 12.4. The first-order chi connectivity index (χ1) is 24.2. The highest BCUT2D eigenvalue weighted by Gasteiger charge is 2.23. The molecule has 10 heteroatoms. The Labute approximate surface area is 292 Å². The van der Waals surface area contributed by atoms with Crippen molar-refractivity contribution in [2.24, 2.45) is 16.5 Å². The number of guanidine groups is 1. The number of benzene rings is 4. The Bertz CT molecular complexity index is 1870. The third kappa shape index (κ3) is 10.4. The van der Waals surface area contributed by atoms with E-state index in [-0.39, 0.29) is 29.6 Å². The van der Waals surface area contributed by atoms with Crippen LogP contribution in [0.15, 0.2) is 121 Å². The van der Waals surface area contributed by atoms with E-state index in [2.05, 4.69) is 25.5 Å². The molecule has 1 aromatic heterocycles. The van der Waals surface area contributed by atoms with Gasteiger partial charge < -0.3 is 22.1 Å². The summed E-state index contributed by atoms with van der Waals surface area (Å²) in [7, 11) is 0. The summed E-state index contributed by atoms with van der Waals surface area (Å²) in [5.41, 5.74) is 15.6. The summed E-state index contributed by atoms with van der Waals surface area (Å²) in [5.74, 6) is -0.899. The normalized spacial score (nSPS) is 12.3. The van der Waals surface area contributed by atoms with Gasteiger partial charge in [-0.05, 0) is 95.6 Å². The van der Waals surface area contributed by atoms with Crippen molar-refractivity contribution in [1.29, 1.82) is 0 Å². The molecule has 2 atom stereocenters. The Balaban J connectivity index is 1.25. The molecule has 0 fully saturated rings. The van der Waals surface area contributed by atoms with Gasteiger partial charge in [0.15, 0.2) is 5.96 Å². The van der Waals surface area contributed by atoms with Crippen molar-refractivity contribution >= 4 is 28.5 Å². The summed E-state index contributed by atoms with van der Waals surface area (Å²) in [4.78, 5) is 37.6. The van der Waals surface area contributed by atoms with Gasteiger partial charge in [-0.25, -0.2) is 4.39 Å². The van der Waals surface area contributed by atoms with Crippen molar-refractivity contribution in [2.75, 3.05) is 13.1 Å². The number of pyridine rings is 1. The minimum atomic E-state index is -0.795. The van der Waals surface area contributed by atoms with Crippen LogP contribution in [0.3, 0.4) is 0 Å². The van der Waals surface area contributed by atoms with E-state index in [1.165, 1.54) is 12.1 Å². The van der Waals surface area contributed by atoms with Crippen LogP contribution < -0.4 is 22.1 Å². The van der Waals surface area contributed by atoms with Gasteiger partial charge in [0.2, 0.25) is 5.91 Å². The van der Waals surface area contributed by atoms with E-state index in [0.29, 0.717) is 38.0 Å². The van der Waals surface area contributed by atoms with Gasteiger partial charge in [-0.3, -0.25) is 24.5 Å². The highest BCUT2D eigenvalue weighted by Crippen LogP contribution is 2.24. The van der Waals surface area contributed by atoms with Crippen molar-refractivity contribution in [3.8, 4) is 0 Å². The molecule has 0 aliphatic rings. The van der Waals surface area contributed by atoms with Crippen LogP contribution in [0.2, 0.25) is 0 Å². The van der Waals surface area contributed by atoms with E-state index in [0.717, 1.165) is 46.0 Å². The zero-order valence-corrected chi connectivity index (χ0v) is 28.3. The molecule has 5 rings (SSSR count). The van der Waals surface area contributed by atoms with Gasteiger partial charge in [0.05, 0.1) is 6.04 Å². The molecule has 0 radical (unpaired) electrons. The fourth-order valence-corrected chi connectivity index (χ4v) is 5.95. The van der Waals surface area contributed by atoms with Gasteiger partial charge in [-0.15, -0.1) is 0 Å². The van der Waals surface area contributed by atoms with E-state index in [4.69, 9.17) is 11.5 Å². The number of carbonyl (C=O) groups is 2. The number of hydrogen-bond acceptors (Lipinski definition) is 5. The molecule has 0 unspecified atom stereocenters. The molecule has 6 N–H and O–H groups in total. The van der Waals surface area contributed by atoms with E-state index < -0.39 is 6.04 Å². The van der Waals surface area contributed by atoms with Gasteiger partial charge in [-0.1, -0.05) is 66.7 Å². The van der Waals surface area contributed by atoms with Crippen LogP contribution in [-0.2, 0) is 24.3 Å². The quantitative estimate of drug-likeness (QED) is 0.0607. The number of carbonyl (C=O) groups excluding carboxylic acids is 2. The molecule has 0 saturated carbocycles. The number of amides is 2. The molecule has 0 saturated heterocycles. The molecule has 2 amide bonds. The molecular weight excluding hydrogens is 629 g/mol. The zero-order valence-electron chi connectivity index (χ0n) is 28.3. The number of fused-ring (bicyclic) bond motifs is 1. The molecule has 1 heterocycles. The summed E-state index contributed by atoms with van der Waals surface area (Å²) in [6.07, 6.45) is 5.17. The maximum atomic E-state index is 13.6. The summed E-state index contributed by atoms with van der Waals surface area (Å²) in [6, 6.07) is 31.0. The number of aromatic nitrogens is 1. The maximum Gasteiger partial charge on any atom is 0.251 e. The highest BCUT2D eigenvalue weighted by atomic mass is 19.1. The number of rotatable bonds is 16. The van der Waals surface area contributed by atoms with Crippen LogP contribution >= 0.6 is 0 Å². The molecular formula is C40H44FN7O2. The monoisotopic (exact) mass is 673 g/mol. The van der Waals surface area contributed by atoms with Gasteiger partial charge in [0.25, 0.3) is 5.91 Å². The Morgan fingerprint density at radius 1 is 0.820 bits per heavy atom. The predicted octanol–water partition coefficient (Wildman–Crippen LogP) is 5.65. The molecule has 4 aromatic carbocycles. The molecule has 50 heavy (non-hydrogen) atoms. The zero-order chi connectivity index (χ0) is 35.3. The van der Waals surface area contributed by atoms with Crippen molar-refractivity contribution < 1.29 is 14.0 Å². The lowest BCUT2D eigenvalue weighted by atomic mass is 9.99. The van der Waals surface area contributed by atoms with Crippen LogP contribution in [-0.4, -0.2) is 46.8 Å². The fourth-order valence-electron chi connectivity index (χ4n) is 5.95. The first-order valence-electron chi connectivity index (χ1n) is 16.8. The number of nitrogens with one attached hydrogen (secondary N) is 2. The Morgan fingerprint density at radius 3 is 2.20 bits per heavy atom. The van der Waals surface area contributed by atoms with Crippen molar-refractivity contribution in [2.45, 2.75) is 51.4 Å². The summed E-state index contributed by atoms with van der Waals surface area (Å²) in [5, 5.41) is 8.20. The van der Waals surface area contributed by atoms with Crippen molar-refractivity contribution in [3.63, 3.8) is 0 Å². The second kappa shape index (κ2) is 17.7. The number of nitrogens with two attached hydrogens (primary N) is 2. The third-order valence-corrected chi connectivity index (χ3v) is 8.62. The highest BCUT2D eigenvalue weighted by molar-refractivity contribution is 5.97. The van der Waals surface area contributed by atoms with Crippen LogP contribution in [0.5, 0.6) is 0 Å². The lowest BCUT2D eigenvalue weighted by molar-refractivity contribution is -0.123. The Morgan fingerprint density at radius 2 is 1.48 bits per heavy atom. The summed E-state index contributed by atoms with van der Waals surface area (Å²) < 4.78 is 13.4. The largest absolute Gasteiger partial charge is 0.370 e. The first kappa shape index (κ1) is 35.7. The van der Waals surface area contributed by atoms with Crippen molar-refractivity contribution in [1.82, 2.24) is 20.5 Å². The van der Waals surface area contributed by atoms with Gasteiger partial charge in [-0.2, -0.15) is 0 Å². The topological polar surface area (TPSA) is 139 Å². The molecule has 0 bridgehead atoms. The minimum Gasteiger partial charge on any atom is -0.370 e. The van der Waals surface area contributed by atoms with E-state index in [1.54, 1.807) is 24.5 Å². The molecule has 0 aliphatic heterocycles. The van der Waals surface area contributed by atoms with Crippen LogP contribution in [0.4, 0.5) is 4.39 Å². The minimum absolute atomic E-state index is 0.0190. The maximum absolute atomic E-state index is 13.6.